The van der Waals surface area contributed by atoms with Gasteiger partial charge in [0.1, 0.15) is 15.5 Å². The van der Waals surface area contributed by atoms with E-state index in [1.807, 2.05) is 73.7 Å². The summed E-state index contributed by atoms with van der Waals surface area (Å²) in [7, 11) is 1.60. The number of ketones is 1. The molecule has 0 unspecified atom stereocenters. The van der Waals surface area contributed by atoms with E-state index in [2.05, 4.69) is 5.27 Å². The van der Waals surface area contributed by atoms with Gasteiger partial charge < -0.3 is 21.3 Å². The van der Waals surface area contributed by atoms with Crippen LogP contribution in [0, 0.1) is 6.92 Å². The van der Waals surface area contributed by atoms with E-state index in [4.69, 9.17) is 25.7 Å². The van der Waals surface area contributed by atoms with Crippen molar-refractivity contribution in [2.24, 2.45) is 0 Å². The van der Waals surface area contributed by atoms with E-state index in [9.17, 15) is 9.90 Å². The molecule has 3 aromatic carbocycles. The largest absolute Gasteiger partial charge is 0.497 e. The van der Waals surface area contributed by atoms with E-state index in [1.54, 1.807) is 19.2 Å². The number of carbonyl (C=O) groups excluding carboxylic acids is 1. The van der Waals surface area contributed by atoms with Crippen LogP contribution in [0.25, 0.3) is 38.3 Å². The highest BCUT2D eigenvalue weighted by Crippen LogP contribution is 2.43. The maximum atomic E-state index is 13.9. The molecule has 6 aromatic rings. The summed E-state index contributed by atoms with van der Waals surface area (Å²) in [6.07, 6.45) is 0. The highest BCUT2D eigenvalue weighted by Gasteiger charge is 2.37. The molecule has 0 saturated heterocycles. The van der Waals surface area contributed by atoms with Crippen molar-refractivity contribution in [1.82, 2.24) is 10.3 Å². The lowest BCUT2D eigenvalue weighted by Crippen LogP contribution is -2.38. The van der Waals surface area contributed by atoms with Crippen molar-refractivity contribution >= 4 is 38.7 Å². The Morgan fingerprint density at radius 2 is 1.75 bits per heavy atom. The molecule has 0 atom stereocenters. The van der Waals surface area contributed by atoms with Gasteiger partial charge in [-0.15, -0.1) is 11.3 Å². The maximum absolute atomic E-state index is 13.9. The number of ether oxygens (including phenoxy) is 1. The molecule has 0 saturated carbocycles. The number of hydrogen-bond acceptors (Lipinski definition) is 9. The standard InChI is InChI=1S/C30H23N5O4S/c1-16-6-12-20(13-7-16)35-26(30(37)39-34-35)27(36)28-25(32)24-22(18-4-3-5-21(14-18)38-2)15-23(33-29(24)40-28)17-8-10-19(31)11-9-17/h3-15H,1-2H3,(H4-,31,32,33,34,36,37)/p+1. The second-order valence-electron chi connectivity index (χ2n) is 9.24. The summed E-state index contributed by atoms with van der Waals surface area (Å²) in [4.78, 5) is 19.5. The molecule has 0 radical (unpaired) electrons. The molecule has 0 spiro atoms. The third kappa shape index (κ3) is 4.30. The first-order chi connectivity index (χ1) is 19.3. The molecule has 0 amide bonds. The average Bonchev–Trinajstić information content (AvgIpc) is 3.52. The number of carbonyl (C=O) groups is 1. The second-order valence-corrected chi connectivity index (χ2v) is 10.2. The fourth-order valence-electron chi connectivity index (χ4n) is 4.53. The molecule has 0 aliphatic rings. The van der Waals surface area contributed by atoms with Gasteiger partial charge in [0.05, 0.1) is 18.5 Å². The molecule has 0 aliphatic heterocycles. The predicted molar refractivity (Wildman–Crippen MR) is 154 cm³/mol. The van der Waals surface area contributed by atoms with Crippen LogP contribution in [0.2, 0.25) is 0 Å². The van der Waals surface area contributed by atoms with Crippen molar-refractivity contribution in [2.45, 2.75) is 6.92 Å². The number of aromatic hydroxyl groups is 1. The van der Waals surface area contributed by atoms with Gasteiger partial charge in [0.15, 0.2) is 0 Å². The molecular formula is C30H24N5O4S+. The van der Waals surface area contributed by atoms with Gasteiger partial charge in [-0.1, -0.05) is 42.0 Å². The van der Waals surface area contributed by atoms with Crippen molar-refractivity contribution < 1.29 is 23.8 Å². The molecule has 9 nitrogen and oxygen atoms in total. The first-order valence-electron chi connectivity index (χ1n) is 12.3. The predicted octanol–water partition coefficient (Wildman–Crippen LogP) is 5.31. The van der Waals surface area contributed by atoms with Crippen molar-refractivity contribution in [3.05, 3.63) is 95.0 Å². The lowest BCUT2D eigenvalue weighted by molar-refractivity contribution is -0.672. The Bertz CT molecular complexity index is 1890. The number of rotatable bonds is 6. The van der Waals surface area contributed by atoms with Crippen LogP contribution in [0.4, 0.5) is 11.4 Å². The molecule has 3 heterocycles. The third-order valence-electron chi connectivity index (χ3n) is 6.61. The first kappa shape index (κ1) is 25.1. The van der Waals surface area contributed by atoms with E-state index >= 15 is 0 Å². The van der Waals surface area contributed by atoms with Crippen molar-refractivity contribution in [3.63, 3.8) is 0 Å². The molecule has 6 rings (SSSR count). The van der Waals surface area contributed by atoms with Gasteiger partial charge >= 0.3 is 11.6 Å². The summed E-state index contributed by atoms with van der Waals surface area (Å²) in [5, 5.41) is 15.0. The second kappa shape index (κ2) is 9.83. The van der Waals surface area contributed by atoms with Gasteiger partial charge in [-0.2, -0.15) is 0 Å². The number of benzene rings is 3. The number of aromatic nitrogens is 3. The fourth-order valence-corrected chi connectivity index (χ4v) is 5.59. The minimum Gasteiger partial charge on any atom is -0.497 e. The maximum Gasteiger partial charge on any atom is 0.393 e. The van der Waals surface area contributed by atoms with E-state index in [1.165, 1.54) is 4.68 Å². The normalized spacial score (nSPS) is 11.2. The zero-order valence-corrected chi connectivity index (χ0v) is 22.4. The van der Waals surface area contributed by atoms with Crippen molar-refractivity contribution in [2.75, 3.05) is 18.6 Å². The number of pyridine rings is 1. The summed E-state index contributed by atoms with van der Waals surface area (Å²) in [6, 6.07) is 24.2. The van der Waals surface area contributed by atoms with E-state index in [0.717, 1.165) is 33.6 Å². The fraction of sp³-hybridized carbons (Fsp3) is 0.0667. The summed E-state index contributed by atoms with van der Waals surface area (Å²) in [5.41, 5.74) is 18.1. The third-order valence-corrected chi connectivity index (χ3v) is 7.71. The first-order valence-corrected chi connectivity index (χ1v) is 13.1. The molecule has 5 N–H and O–H groups in total. The molecular weight excluding hydrogens is 526 g/mol. The highest BCUT2D eigenvalue weighted by molar-refractivity contribution is 7.21. The summed E-state index contributed by atoms with van der Waals surface area (Å²) in [5.74, 6) is -0.466. The molecule has 198 valence electrons. The number of hydrogen-bond donors (Lipinski definition) is 3. The number of nitrogen functional groups attached to an aromatic ring is 2. The molecule has 0 fully saturated rings. The van der Waals surface area contributed by atoms with Crippen LogP contribution in [-0.2, 0) is 0 Å². The molecule has 3 aromatic heterocycles. The Kier molecular flexibility index (Phi) is 6.16. The number of thiophene rings is 1. The van der Waals surface area contributed by atoms with Gasteiger partial charge in [-0.05, 0) is 48.4 Å². The van der Waals surface area contributed by atoms with E-state index < -0.39 is 11.7 Å². The van der Waals surface area contributed by atoms with Crippen LogP contribution < -0.4 is 20.9 Å². The number of anilines is 2. The van der Waals surface area contributed by atoms with Crippen LogP contribution in [0.5, 0.6) is 11.7 Å². The van der Waals surface area contributed by atoms with Crippen LogP contribution in [0.15, 0.2) is 83.4 Å². The summed E-state index contributed by atoms with van der Waals surface area (Å²) < 4.78 is 11.7. The Morgan fingerprint density at radius 3 is 2.48 bits per heavy atom. The quantitative estimate of drug-likeness (QED) is 0.144. The zero-order chi connectivity index (χ0) is 28.0. The van der Waals surface area contributed by atoms with Gasteiger partial charge in [0, 0.05) is 33.5 Å². The van der Waals surface area contributed by atoms with E-state index in [0.29, 0.717) is 33.0 Å². The van der Waals surface area contributed by atoms with Crippen LogP contribution in [0.1, 0.15) is 20.9 Å². The lowest BCUT2D eigenvalue weighted by atomic mass is 9.99. The van der Waals surface area contributed by atoms with Crippen molar-refractivity contribution in [3.8, 4) is 39.8 Å². The van der Waals surface area contributed by atoms with Crippen LogP contribution >= 0.6 is 11.3 Å². The molecule has 0 aliphatic carbocycles. The van der Waals surface area contributed by atoms with Gasteiger partial charge in [-0.3, -0.25) is 9.32 Å². The smallest absolute Gasteiger partial charge is 0.393 e. The molecule has 0 bridgehead atoms. The van der Waals surface area contributed by atoms with Gasteiger partial charge in [-0.25, -0.2) is 4.98 Å². The zero-order valence-electron chi connectivity index (χ0n) is 21.6. The molecule has 10 heteroatoms. The number of fused-ring (bicyclic) bond motifs is 1. The van der Waals surface area contributed by atoms with Crippen molar-refractivity contribution in [1.29, 1.82) is 0 Å². The lowest BCUT2D eigenvalue weighted by Gasteiger charge is -2.10. The average molecular weight is 551 g/mol. The van der Waals surface area contributed by atoms with Gasteiger partial charge in [0.25, 0.3) is 5.78 Å². The summed E-state index contributed by atoms with van der Waals surface area (Å²) >= 11 is 1.14. The Balaban J connectivity index is 1.56. The van der Waals surface area contributed by atoms with Crippen LogP contribution in [-0.4, -0.2) is 28.3 Å². The van der Waals surface area contributed by atoms with Gasteiger partial charge in [0.2, 0.25) is 11.0 Å². The monoisotopic (exact) mass is 550 g/mol. The number of nitrogens with two attached hydrogens (primary N) is 2. The summed E-state index contributed by atoms with van der Waals surface area (Å²) in [6.45, 7) is 1.95. The minimum atomic E-state index is -0.606. The number of methoxy groups -OCH3 is 1. The number of aryl methyl sites for hydroxylation is 1. The Morgan fingerprint density at radius 1 is 1.00 bits per heavy atom. The number of nitrogens with zero attached hydrogens (tertiary/aromatic N) is 3. The Hall–Kier alpha value is -5.22. The van der Waals surface area contributed by atoms with E-state index in [-0.39, 0.29) is 16.3 Å². The minimum absolute atomic E-state index is 0.135. The Labute approximate surface area is 232 Å². The highest BCUT2D eigenvalue weighted by atomic mass is 32.1. The molecule has 40 heavy (non-hydrogen) atoms. The topological polar surface area (TPSA) is 141 Å². The van der Waals surface area contributed by atoms with Crippen LogP contribution in [0.3, 0.4) is 0 Å². The SMILES string of the molecule is COc1cccc(-c2cc(-c3ccc(N)cc3)nc3sc(C(=O)c4c(O)on[n+]4-c4ccc(C)cc4)c(N)c23)c1.